The van der Waals surface area contributed by atoms with Gasteiger partial charge in [0.25, 0.3) is 0 Å². The normalized spacial score (nSPS) is 12.5. The van der Waals surface area contributed by atoms with Crippen LogP contribution in [-0.4, -0.2) is 0 Å². The molecule has 0 amide bonds. The second-order valence-corrected chi connectivity index (χ2v) is 5.14. The molecule has 0 fully saturated rings. The highest BCUT2D eigenvalue weighted by Gasteiger charge is 2.20. The Hall–Kier alpha value is -1.01. The Morgan fingerprint density at radius 3 is 2.58 bits per heavy atom. The van der Waals surface area contributed by atoms with Crippen LogP contribution in [0.25, 0.3) is 0 Å². The van der Waals surface area contributed by atoms with E-state index in [-0.39, 0.29) is 5.56 Å². The molecule has 3 N–H and O–H groups in total. The Labute approximate surface area is 122 Å². The van der Waals surface area contributed by atoms with E-state index in [4.69, 9.17) is 17.4 Å². The fourth-order valence-electron chi connectivity index (χ4n) is 1.83. The zero-order valence-corrected chi connectivity index (χ0v) is 12.0. The quantitative estimate of drug-likeness (QED) is 0.652. The summed E-state index contributed by atoms with van der Waals surface area (Å²) < 4.78 is 27.7. The van der Waals surface area contributed by atoms with Gasteiger partial charge in [-0.3, -0.25) is 5.84 Å². The number of hydrogen-bond acceptors (Lipinski definition) is 2. The Balaban J connectivity index is 2.56. The van der Waals surface area contributed by atoms with Crippen LogP contribution in [0.3, 0.4) is 0 Å². The third-order valence-electron chi connectivity index (χ3n) is 2.73. The molecular formula is C13H10BrClF2N2. The van der Waals surface area contributed by atoms with E-state index < -0.39 is 17.7 Å². The van der Waals surface area contributed by atoms with Crippen LogP contribution in [0.1, 0.15) is 17.2 Å². The molecule has 0 heterocycles. The van der Waals surface area contributed by atoms with E-state index in [1.807, 2.05) is 0 Å². The number of halogens is 4. The van der Waals surface area contributed by atoms with Crippen molar-refractivity contribution in [1.29, 1.82) is 0 Å². The van der Waals surface area contributed by atoms with Crippen molar-refractivity contribution in [1.82, 2.24) is 5.43 Å². The van der Waals surface area contributed by atoms with Crippen molar-refractivity contribution in [2.75, 3.05) is 0 Å². The average Bonchev–Trinajstić information content (AvgIpc) is 2.39. The highest BCUT2D eigenvalue weighted by Crippen LogP contribution is 2.34. The summed E-state index contributed by atoms with van der Waals surface area (Å²) in [5, 5.41) is 0.397. The molecule has 100 valence electrons. The van der Waals surface area contributed by atoms with E-state index in [9.17, 15) is 8.78 Å². The van der Waals surface area contributed by atoms with Crippen molar-refractivity contribution >= 4 is 27.5 Å². The van der Waals surface area contributed by atoms with E-state index in [2.05, 4.69) is 21.4 Å². The van der Waals surface area contributed by atoms with Gasteiger partial charge < -0.3 is 0 Å². The number of rotatable bonds is 3. The van der Waals surface area contributed by atoms with Gasteiger partial charge in [-0.2, -0.15) is 0 Å². The van der Waals surface area contributed by atoms with Gasteiger partial charge in [0.1, 0.15) is 11.6 Å². The van der Waals surface area contributed by atoms with Gasteiger partial charge in [0, 0.05) is 10.0 Å². The summed E-state index contributed by atoms with van der Waals surface area (Å²) in [5.41, 5.74) is 3.12. The maximum absolute atomic E-state index is 13.8. The molecule has 2 rings (SSSR count). The van der Waals surface area contributed by atoms with Crippen molar-refractivity contribution in [3.63, 3.8) is 0 Å². The summed E-state index contributed by atoms with van der Waals surface area (Å²) in [5.74, 6) is 4.37. The van der Waals surface area contributed by atoms with Gasteiger partial charge in [0.2, 0.25) is 0 Å². The third kappa shape index (κ3) is 2.95. The summed E-state index contributed by atoms with van der Waals surface area (Å²) in [4.78, 5) is 0. The zero-order chi connectivity index (χ0) is 14.0. The smallest absolute Gasteiger partial charge is 0.128 e. The SMILES string of the molecule is NNC(c1cc(F)ccc1F)c1cccc(Br)c1Cl. The molecule has 0 saturated carbocycles. The molecule has 2 aromatic carbocycles. The van der Waals surface area contributed by atoms with Gasteiger partial charge in [-0.15, -0.1) is 0 Å². The first-order chi connectivity index (χ1) is 9.04. The Morgan fingerprint density at radius 2 is 1.89 bits per heavy atom. The minimum Gasteiger partial charge on any atom is -0.271 e. The first-order valence-corrected chi connectivity index (χ1v) is 6.56. The van der Waals surface area contributed by atoms with Crippen LogP contribution in [0.2, 0.25) is 5.02 Å². The fraction of sp³-hybridized carbons (Fsp3) is 0.0769. The average molecular weight is 348 g/mol. The second-order valence-electron chi connectivity index (χ2n) is 3.91. The van der Waals surface area contributed by atoms with Crippen LogP contribution >= 0.6 is 27.5 Å². The lowest BCUT2D eigenvalue weighted by atomic mass is 9.98. The molecule has 2 aromatic rings. The largest absolute Gasteiger partial charge is 0.271 e. The van der Waals surface area contributed by atoms with Crippen LogP contribution in [0.4, 0.5) is 8.78 Å². The van der Waals surface area contributed by atoms with Gasteiger partial charge in [-0.05, 0) is 45.8 Å². The number of nitrogens with one attached hydrogen (secondary N) is 1. The molecule has 1 unspecified atom stereocenters. The van der Waals surface area contributed by atoms with E-state index in [0.717, 1.165) is 18.2 Å². The summed E-state index contributed by atoms with van der Waals surface area (Å²) in [6, 6.07) is 7.66. The monoisotopic (exact) mass is 346 g/mol. The van der Waals surface area contributed by atoms with Crippen molar-refractivity contribution in [2.45, 2.75) is 6.04 Å². The van der Waals surface area contributed by atoms with Gasteiger partial charge >= 0.3 is 0 Å². The molecule has 0 saturated heterocycles. The van der Waals surface area contributed by atoms with Crippen molar-refractivity contribution in [2.24, 2.45) is 5.84 Å². The van der Waals surface area contributed by atoms with Crippen LogP contribution in [0.5, 0.6) is 0 Å². The number of hydrazine groups is 1. The predicted molar refractivity (Wildman–Crippen MR) is 74.7 cm³/mol. The Morgan fingerprint density at radius 1 is 1.16 bits per heavy atom. The molecular weight excluding hydrogens is 338 g/mol. The van der Waals surface area contributed by atoms with E-state index >= 15 is 0 Å². The highest BCUT2D eigenvalue weighted by atomic mass is 79.9. The molecule has 0 aliphatic heterocycles. The summed E-state index contributed by atoms with van der Waals surface area (Å²) in [6.07, 6.45) is 0. The third-order valence-corrected chi connectivity index (χ3v) is 4.04. The summed E-state index contributed by atoms with van der Waals surface area (Å²) >= 11 is 9.43. The summed E-state index contributed by atoms with van der Waals surface area (Å²) in [7, 11) is 0. The van der Waals surface area contributed by atoms with Crippen molar-refractivity contribution in [3.05, 3.63) is 68.7 Å². The maximum atomic E-state index is 13.8. The standard InChI is InChI=1S/C13H10BrClF2N2/c14-10-3-1-2-8(12(10)15)13(19-18)9-6-7(16)4-5-11(9)17/h1-6,13,19H,18H2. The minimum absolute atomic E-state index is 0.0995. The Bertz CT molecular complexity index is 605. The van der Waals surface area contributed by atoms with Gasteiger partial charge in [0.05, 0.1) is 11.1 Å². The fourth-order valence-corrected chi connectivity index (χ4v) is 2.44. The molecule has 6 heteroatoms. The number of benzene rings is 2. The lowest BCUT2D eigenvalue weighted by Gasteiger charge is -2.19. The Kier molecular flexibility index (Phi) is 4.52. The van der Waals surface area contributed by atoms with Gasteiger partial charge in [-0.1, -0.05) is 23.7 Å². The van der Waals surface area contributed by atoms with E-state index in [0.29, 0.717) is 15.1 Å². The first-order valence-electron chi connectivity index (χ1n) is 5.39. The molecule has 0 radical (unpaired) electrons. The maximum Gasteiger partial charge on any atom is 0.128 e. The van der Waals surface area contributed by atoms with Crippen molar-refractivity contribution < 1.29 is 8.78 Å². The van der Waals surface area contributed by atoms with E-state index in [1.54, 1.807) is 18.2 Å². The van der Waals surface area contributed by atoms with Crippen LogP contribution in [-0.2, 0) is 0 Å². The second kappa shape index (κ2) is 5.96. The van der Waals surface area contributed by atoms with Crippen LogP contribution < -0.4 is 11.3 Å². The molecule has 0 bridgehead atoms. The lowest BCUT2D eigenvalue weighted by Crippen LogP contribution is -2.30. The van der Waals surface area contributed by atoms with Crippen LogP contribution in [0, 0.1) is 11.6 Å². The zero-order valence-electron chi connectivity index (χ0n) is 9.63. The topological polar surface area (TPSA) is 38.0 Å². The van der Waals surface area contributed by atoms with Gasteiger partial charge in [0.15, 0.2) is 0 Å². The van der Waals surface area contributed by atoms with Gasteiger partial charge in [-0.25, -0.2) is 14.2 Å². The molecule has 0 aliphatic rings. The lowest BCUT2D eigenvalue weighted by molar-refractivity contribution is 0.545. The summed E-state index contributed by atoms with van der Waals surface area (Å²) in [6.45, 7) is 0. The molecule has 0 aliphatic carbocycles. The number of nitrogens with two attached hydrogens (primary N) is 1. The molecule has 19 heavy (non-hydrogen) atoms. The van der Waals surface area contributed by atoms with Crippen molar-refractivity contribution in [3.8, 4) is 0 Å². The minimum atomic E-state index is -0.735. The molecule has 0 aromatic heterocycles. The van der Waals surface area contributed by atoms with Crippen LogP contribution in [0.15, 0.2) is 40.9 Å². The molecule has 0 spiro atoms. The number of hydrogen-bond donors (Lipinski definition) is 2. The van der Waals surface area contributed by atoms with E-state index in [1.165, 1.54) is 0 Å². The molecule has 1 atom stereocenters. The first kappa shape index (κ1) is 14.4. The predicted octanol–water partition coefficient (Wildman–Crippen LogP) is 3.93. The highest BCUT2D eigenvalue weighted by molar-refractivity contribution is 9.10. The molecule has 2 nitrogen and oxygen atoms in total.